The van der Waals surface area contributed by atoms with E-state index in [9.17, 15) is 24.2 Å². The van der Waals surface area contributed by atoms with Crippen molar-refractivity contribution in [1.29, 1.82) is 0 Å². The minimum Gasteiger partial charge on any atom is -0.388 e. The van der Waals surface area contributed by atoms with Gasteiger partial charge in [0.15, 0.2) is 0 Å². The maximum atomic E-state index is 13.3. The highest BCUT2D eigenvalue weighted by Gasteiger charge is 2.38. The number of rotatable bonds is 1. The number of benzene rings is 1. The van der Waals surface area contributed by atoms with Crippen LogP contribution in [0.25, 0.3) is 10.9 Å². The molecule has 2 heterocycles. The third-order valence-corrected chi connectivity index (χ3v) is 4.36. The molecule has 2 atom stereocenters. The number of carbonyl (C=O) groups excluding carboxylic acids is 1. The Morgan fingerprint density at radius 1 is 1.48 bits per heavy atom. The van der Waals surface area contributed by atoms with Crippen molar-refractivity contribution in [2.24, 2.45) is 0 Å². The summed E-state index contributed by atoms with van der Waals surface area (Å²) < 4.78 is 13.3. The minimum atomic E-state index is -1.25. The van der Waals surface area contributed by atoms with Gasteiger partial charge in [-0.1, -0.05) is 0 Å². The lowest BCUT2D eigenvalue weighted by molar-refractivity contribution is -0.0999. The van der Waals surface area contributed by atoms with Crippen LogP contribution in [0.15, 0.2) is 29.2 Å². The van der Waals surface area contributed by atoms with Crippen LogP contribution in [0.1, 0.15) is 23.7 Å². The number of hydrogen-bond acceptors (Lipinski definition) is 4. The van der Waals surface area contributed by atoms with E-state index in [1.165, 1.54) is 30.2 Å². The van der Waals surface area contributed by atoms with Gasteiger partial charge in [-0.15, -0.1) is 0 Å². The van der Waals surface area contributed by atoms with Crippen molar-refractivity contribution in [1.82, 2.24) is 9.88 Å². The van der Waals surface area contributed by atoms with Gasteiger partial charge < -0.3 is 20.1 Å². The topological polar surface area (TPSA) is 93.6 Å². The molecule has 1 aromatic heterocycles. The molecule has 1 amide bonds. The van der Waals surface area contributed by atoms with Crippen molar-refractivity contribution in [3.05, 3.63) is 46.0 Å². The van der Waals surface area contributed by atoms with Gasteiger partial charge in [0.25, 0.3) is 5.91 Å². The van der Waals surface area contributed by atoms with Gasteiger partial charge in [0, 0.05) is 30.2 Å². The fourth-order valence-corrected chi connectivity index (χ4v) is 2.73. The third-order valence-electron chi connectivity index (χ3n) is 4.36. The summed E-state index contributed by atoms with van der Waals surface area (Å²) in [6.45, 7) is 1.67. The third kappa shape index (κ3) is 2.73. The lowest BCUT2D eigenvalue weighted by Crippen LogP contribution is -2.55. The first kappa shape index (κ1) is 15.6. The summed E-state index contributed by atoms with van der Waals surface area (Å²) in [4.78, 5) is 29.1. The molecule has 0 spiro atoms. The zero-order chi connectivity index (χ0) is 16.8. The van der Waals surface area contributed by atoms with Gasteiger partial charge in [0.1, 0.15) is 11.4 Å². The number of aliphatic hydroxyl groups excluding tert-OH is 1. The molecule has 1 aliphatic rings. The van der Waals surface area contributed by atoms with E-state index in [-0.39, 0.29) is 30.5 Å². The second kappa shape index (κ2) is 5.43. The summed E-state index contributed by atoms with van der Waals surface area (Å²) >= 11 is 0. The van der Waals surface area contributed by atoms with Crippen molar-refractivity contribution in [2.45, 2.75) is 25.0 Å². The normalized spacial score (nSPS) is 24.9. The van der Waals surface area contributed by atoms with E-state index >= 15 is 0 Å². The van der Waals surface area contributed by atoms with Gasteiger partial charge in [-0.3, -0.25) is 9.59 Å². The summed E-state index contributed by atoms with van der Waals surface area (Å²) in [6, 6.07) is 3.74. The number of aromatic amines is 1. The molecule has 23 heavy (non-hydrogen) atoms. The van der Waals surface area contributed by atoms with Crippen molar-refractivity contribution in [3.63, 3.8) is 0 Å². The molecule has 1 fully saturated rings. The van der Waals surface area contributed by atoms with Gasteiger partial charge >= 0.3 is 0 Å². The number of likely N-dealkylation sites (tertiary alicyclic amines) is 1. The molecule has 2 aromatic rings. The quantitative estimate of drug-likeness (QED) is 0.718. The molecule has 1 aliphatic heterocycles. The van der Waals surface area contributed by atoms with Crippen LogP contribution in [0.4, 0.5) is 4.39 Å². The molecule has 7 heteroatoms. The Morgan fingerprint density at radius 2 is 2.22 bits per heavy atom. The summed E-state index contributed by atoms with van der Waals surface area (Å²) in [5.74, 6) is -1.11. The Balaban J connectivity index is 1.96. The Bertz CT molecular complexity index is 830. The average molecular weight is 320 g/mol. The van der Waals surface area contributed by atoms with Crippen LogP contribution in [0.3, 0.4) is 0 Å². The minimum absolute atomic E-state index is 0.0630. The van der Waals surface area contributed by atoms with Crippen molar-refractivity contribution in [2.75, 3.05) is 13.1 Å². The molecule has 0 aliphatic carbocycles. The van der Waals surface area contributed by atoms with Gasteiger partial charge in [-0.25, -0.2) is 4.39 Å². The number of β-amino-alcohol motifs (C(OH)–C–C–N with tert-alkyl or cyclic N) is 1. The number of nitrogens with one attached hydrogen (secondary N) is 1. The van der Waals surface area contributed by atoms with E-state index in [4.69, 9.17) is 0 Å². The predicted octanol–water partition coefficient (Wildman–Crippen LogP) is 0.625. The monoisotopic (exact) mass is 320 g/mol. The number of aromatic nitrogens is 1. The number of nitrogens with zero attached hydrogens (tertiary/aromatic N) is 1. The van der Waals surface area contributed by atoms with Crippen molar-refractivity contribution >= 4 is 16.8 Å². The number of halogens is 1. The van der Waals surface area contributed by atoms with E-state index < -0.39 is 28.9 Å². The Hall–Kier alpha value is -2.25. The van der Waals surface area contributed by atoms with Gasteiger partial charge in [0.05, 0.1) is 11.7 Å². The number of aliphatic hydroxyl groups is 2. The van der Waals surface area contributed by atoms with Gasteiger partial charge in [0.2, 0.25) is 5.43 Å². The number of amides is 1. The number of fused-ring (bicyclic) bond motifs is 1. The maximum Gasteiger partial charge on any atom is 0.259 e. The van der Waals surface area contributed by atoms with Crippen LogP contribution in [-0.4, -0.2) is 50.8 Å². The zero-order valence-electron chi connectivity index (χ0n) is 12.5. The SMILES string of the molecule is CC1(O)CCN(C(=O)c2c[nH]c3ccc(F)cc3c2=O)CC1O. The number of carbonyl (C=O) groups is 1. The average Bonchev–Trinajstić information content (AvgIpc) is 2.50. The van der Waals surface area contributed by atoms with Crippen LogP contribution in [-0.2, 0) is 0 Å². The molecule has 0 radical (unpaired) electrons. The molecule has 1 saturated heterocycles. The second-order valence-corrected chi connectivity index (χ2v) is 6.10. The maximum absolute atomic E-state index is 13.3. The molecule has 3 N–H and O–H groups in total. The Kier molecular flexibility index (Phi) is 3.69. The van der Waals surface area contributed by atoms with E-state index in [1.54, 1.807) is 0 Å². The highest BCUT2D eigenvalue weighted by Crippen LogP contribution is 2.23. The van der Waals surface area contributed by atoms with Gasteiger partial charge in [-0.2, -0.15) is 0 Å². The first-order valence-corrected chi connectivity index (χ1v) is 7.30. The molecular weight excluding hydrogens is 303 g/mol. The first-order valence-electron chi connectivity index (χ1n) is 7.30. The van der Waals surface area contributed by atoms with E-state index in [1.807, 2.05) is 0 Å². The molecule has 3 rings (SSSR count). The van der Waals surface area contributed by atoms with Gasteiger partial charge in [-0.05, 0) is 31.5 Å². The van der Waals surface area contributed by atoms with Crippen molar-refractivity contribution in [3.8, 4) is 0 Å². The fourth-order valence-electron chi connectivity index (χ4n) is 2.73. The highest BCUT2D eigenvalue weighted by molar-refractivity contribution is 5.97. The van der Waals surface area contributed by atoms with Crippen molar-refractivity contribution < 1.29 is 19.4 Å². The standard InChI is InChI=1S/C16H17FN2O4/c1-16(23)4-5-19(8-13(16)20)15(22)11-7-18-12-3-2-9(17)6-10(12)14(11)21/h2-3,6-7,13,20,23H,4-5,8H2,1H3,(H,18,21). The Labute approximate surface area is 131 Å². The summed E-state index contributed by atoms with van der Waals surface area (Å²) in [7, 11) is 0. The van der Waals surface area contributed by atoms with E-state index in [2.05, 4.69) is 4.98 Å². The van der Waals surface area contributed by atoms with E-state index in [0.29, 0.717) is 5.52 Å². The summed E-state index contributed by atoms with van der Waals surface area (Å²) in [5.41, 5.74) is -1.49. The predicted molar refractivity (Wildman–Crippen MR) is 81.7 cm³/mol. The number of pyridine rings is 1. The number of piperidine rings is 1. The van der Waals surface area contributed by atoms with Crippen LogP contribution < -0.4 is 5.43 Å². The Morgan fingerprint density at radius 3 is 2.91 bits per heavy atom. The largest absolute Gasteiger partial charge is 0.388 e. The molecule has 2 unspecified atom stereocenters. The molecule has 1 aromatic carbocycles. The lowest BCUT2D eigenvalue weighted by Gasteiger charge is -2.39. The van der Waals surface area contributed by atoms with Crippen LogP contribution in [0.5, 0.6) is 0 Å². The second-order valence-electron chi connectivity index (χ2n) is 6.10. The summed E-state index contributed by atoms with van der Waals surface area (Å²) in [5, 5.41) is 19.9. The van der Waals surface area contributed by atoms with E-state index in [0.717, 1.165) is 6.07 Å². The lowest BCUT2D eigenvalue weighted by atomic mass is 9.90. The number of H-pyrrole nitrogens is 1. The number of hydrogen-bond donors (Lipinski definition) is 3. The molecule has 122 valence electrons. The fraction of sp³-hybridized carbons (Fsp3) is 0.375. The van der Waals surface area contributed by atoms with Crippen LogP contribution >= 0.6 is 0 Å². The smallest absolute Gasteiger partial charge is 0.259 e. The zero-order valence-corrected chi connectivity index (χ0v) is 12.5. The first-order chi connectivity index (χ1) is 10.8. The molecule has 0 bridgehead atoms. The molecule has 0 saturated carbocycles. The summed E-state index contributed by atoms with van der Waals surface area (Å²) in [6.07, 6.45) is 0.418. The van der Waals surface area contributed by atoms with Crippen LogP contribution in [0, 0.1) is 5.82 Å². The van der Waals surface area contributed by atoms with Crippen LogP contribution in [0.2, 0.25) is 0 Å². The molecular formula is C16H17FN2O4. The molecule has 6 nitrogen and oxygen atoms in total. The highest BCUT2D eigenvalue weighted by atomic mass is 19.1.